The van der Waals surface area contributed by atoms with Crippen LogP contribution in [0.25, 0.3) is 0 Å². The maximum Gasteiger partial charge on any atom is 0.253 e. The van der Waals surface area contributed by atoms with Crippen LogP contribution in [0.2, 0.25) is 0 Å². The van der Waals surface area contributed by atoms with Crippen molar-refractivity contribution in [2.45, 2.75) is 20.0 Å². The highest BCUT2D eigenvalue weighted by molar-refractivity contribution is 5.07. The molecule has 0 amide bonds. The summed E-state index contributed by atoms with van der Waals surface area (Å²) in [7, 11) is 0. The summed E-state index contributed by atoms with van der Waals surface area (Å²) < 4.78 is 7.10. The van der Waals surface area contributed by atoms with E-state index in [1.165, 1.54) is 23.2 Å². The van der Waals surface area contributed by atoms with E-state index in [2.05, 4.69) is 10.3 Å². The fourth-order valence-corrected chi connectivity index (χ4v) is 1.52. The molecule has 0 aliphatic rings. The van der Waals surface area contributed by atoms with E-state index in [-0.39, 0.29) is 5.56 Å². The number of aromatic nitrogens is 2. The quantitative estimate of drug-likeness (QED) is 0.836. The third kappa shape index (κ3) is 3.04. The van der Waals surface area contributed by atoms with Gasteiger partial charge in [0.1, 0.15) is 11.5 Å². The summed E-state index contributed by atoms with van der Waals surface area (Å²) in [4.78, 5) is 15.4. The van der Waals surface area contributed by atoms with Crippen LogP contribution < -0.4 is 10.9 Å². The fourth-order valence-electron chi connectivity index (χ4n) is 1.52. The molecular formula is C12H15N3O2. The van der Waals surface area contributed by atoms with Crippen molar-refractivity contribution >= 4 is 0 Å². The second-order valence-corrected chi connectivity index (χ2v) is 3.69. The van der Waals surface area contributed by atoms with Gasteiger partial charge in [-0.15, -0.1) is 0 Å². The van der Waals surface area contributed by atoms with Gasteiger partial charge in [-0.2, -0.15) is 0 Å². The van der Waals surface area contributed by atoms with Gasteiger partial charge in [0.2, 0.25) is 0 Å². The largest absolute Gasteiger partial charge is 0.463 e. The minimum Gasteiger partial charge on any atom is -0.463 e. The fraction of sp³-hybridized carbons (Fsp3) is 0.333. The standard InChI is InChI=1S/C12H15N3O2/c1-2-13-7-10-3-4-11(17-10)8-15-9-14-6-5-12(15)16/h3-6,9,13H,2,7-8H2,1H3. The van der Waals surface area contributed by atoms with Gasteiger partial charge < -0.3 is 9.73 Å². The Morgan fingerprint density at radius 3 is 2.94 bits per heavy atom. The molecule has 90 valence electrons. The zero-order chi connectivity index (χ0) is 12.1. The first-order valence-electron chi connectivity index (χ1n) is 5.58. The Morgan fingerprint density at radius 1 is 1.35 bits per heavy atom. The Balaban J connectivity index is 2.07. The van der Waals surface area contributed by atoms with Crippen LogP contribution in [0.4, 0.5) is 0 Å². The smallest absolute Gasteiger partial charge is 0.253 e. The summed E-state index contributed by atoms with van der Waals surface area (Å²) in [6.07, 6.45) is 2.99. The predicted octanol–water partition coefficient (Wildman–Crippen LogP) is 0.994. The number of hydrogen-bond donors (Lipinski definition) is 1. The van der Waals surface area contributed by atoms with Gasteiger partial charge in [-0.05, 0) is 18.7 Å². The Hall–Kier alpha value is -1.88. The predicted molar refractivity (Wildman–Crippen MR) is 63.7 cm³/mol. The lowest BCUT2D eigenvalue weighted by Gasteiger charge is -2.01. The van der Waals surface area contributed by atoms with Gasteiger partial charge in [0.15, 0.2) is 0 Å². The molecule has 0 fully saturated rings. The van der Waals surface area contributed by atoms with Crippen molar-refractivity contribution in [2.24, 2.45) is 0 Å². The highest BCUT2D eigenvalue weighted by atomic mass is 16.3. The number of nitrogens with one attached hydrogen (secondary N) is 1. The van der Waals surface area contributed by atoms with Crippen molar-refractivity contribution in [2.75, 3.05) is 6.54 Å². The summed E-state index contributed by atoms with van der Waals surface area (Å²) in [6.45, 7) is 4.06. The average Bonchev–Trinajstić information content (AvgIpc) is 2.77. The molecule has 2 aromatic rings. The SMILES string of the molecule is CCNCc1ccc(Cn2cnccc2=O)o1. The zero-order valence-corrected chi connectivity index (χ0v) is 9.72. The van der Waals surface area contributed by atoms with Crippen LogP contribution in [0.5, 0.6) is 0 Å². The minimum absolute atomic E-state index is 0.0790. The van der Waals surface area contributed by atoms with Crippen molar-refractivity contribution < 1.29 is 4.42 Å². The first kappa shape index (κ1) is 11.6. The van der Waals surface area contributed by atoms with E-state index in [0.717, 1.165) is 18.1 Å². The molecule has 0 unspecified atom stereocenters. The Bertz CT molecular complexity index is 530. The molecule has 0 spiro atoms. The van der Waals surface area contributed by atoms with Gasteiger partial charge in [0, 0.05) is 12.3 Å². The molecule has 5 heteroatoms. The van der Waals surface area contributed by atoms with Gasteiger partial charge >= 0.3 is 0 Å². The number of nitrogens with zero attached hydrogens (tertiary/aromatic N) is 2. The van der Waals surface area contributed by atoms with Gasteiger partial charge in [-0.25, -0.2) is 4.98 Å². The van der Waals surface area contributed by atoms with Crippen molar-refractivity contribution in [1.29, 1.82) is 0 Å². The minimum atomic E-state index is -0.0790. The van der Waals surface area contributed by atoms with E-state index in [4.69, 9.17) is 4.42 Å². The van der Waals surface area contributed by atoms with Gasteiger partial charge in [-0.3, -0.25) is 9.36 Å². The number of furan rings is 1. The molecule has 0 atom stereocenters. The van der Waals surface area contributed by atoms with E-state index in [0.29, 0.717) is 13.1 Å². The Kier molecular flexibility index (Phi) is 3.72. The summed E-state index contributed by atoms with van der Waals surface area (Å²) in [5.74, 6) is 1.63. The van der Waals surface area contributed by atoms with E-state index in [1.54, 1.807) is 0 Å². The lowest BCUT2D eigenvalue weighted by atomic mass is 10.4. The van der Waals surface area contributed by atoms with E-state index in [9.17, 15) is 4.79 Å². The first-order chi connectivity index (χ1) is 8.29. The van der Waals surface area contributed by atoms with Crippen molar-refractivity contribution in [3.8, 4) is 0 Å². The van der Waals surface area contributed by atoms with E-state index < -0.39 is 0 Å². The molecule has 0 saturated heterocycles. The molecule has 0 aliphatic heterocycles. The van der Waals surface area contributed by atoms with Gasteiger partial charge in [0.25, 0.3) is 5.56 Å². The maximum atomic E-state index is 11.5. The Labute approximate surface area is 99.1 Å². The van der Waals surface area contributed by atoms with Crippen LogP contribution in [0.3, 0.4) is 0 Å². The van der Waals surface area contributed by atoms with Crippen molar-refractivity contribution in [3.63, 3.8) is 0 Å². The van der Waals surface area contributed by atoms with Gasteiger partial charge in [-0.1, -0.05) is 6.92 Å². The van der Waals surface area contributed by atoms with Crippen LogP contribution in [0.15, 0.2) is 39.9 Å². The second-order valence-electron chi connectivity index (χ2n) is 3.69. The van der Waals surface area contributed by atoms with E-state index >= 15 is 0 Å². The maximum absolute atomic E-state index is 11.5. The molecule has 2 aromatic heterocycles. The van der Waals surface area contributed by atoms with Crippen molar-refractivity contribution in [3.05, 3.63) is 52.6 Å². The molecule has 2 rings (SSSR count). The highest BCUT2D eigenvalue weighted by Gasteiger charge is 2.03. The number of rotatable bonds is 5. The molecule has 2 heterocycles. The zero-order valence-electron chi connectivity index (χ0n) is 9.72. The van der Waals surface area contributed by atoms with E-state index in [1.807, 2.05) is 19.1 Å². The molecule has 0 aromatic carbocycles. The van der Waals surface area contributed by atoms with Crippen LogP contribution >= 0.6 is 0 Å². The van der Waals surface area contributed by atoms with Crippen LogP contribution in [-0.4, -0.2) is 16.1 Å². The first-order valence-corrected chi connectivity index (χ1v) is 5.58. The molecule has 0 radical (unpaired) electrons. The lowest BCUT2D eigenvalue weighted by Crippen LogP contribution is -2.19. The summed E-state index contributed by atoms with van der Waals surface area (Å²) in [6, 6.07) is 5.23. The molecule has 17 heavy (non-hydrogen) atoms. The lowest BCUT2D eigenvalue weighted by molar-refractivity contribution is 0.437. The molecule has 0 aliphatic carbocycles. The summed E-state index contributed by atoms with van der Waals surface area (Å²) >= 11 is 0. The third-order valence-corrected chi connectivity index (χ3v) is 2.39. The summed E-state index contributed by atoms with van der Waals surface area (Å²) in [5, 5.41) is 3.18. The second kappa shape index (κ2) is 5.45. The molecule has 0 saturated carbocycles. The topological polar surface area (TPSA) is 60.1 Å². The average molecular weight is 233 g/mol. The number of hydrogen-bond acceptors (Lipinski definition) is 4. The monoisotopic (exact) mass is 233 g/mol. The highest BCUT2D eigenvalue weighted by Crippen LogP contribution is 2.08. The van der Waals surface area contributed by atoms with Crippen molar-refractivity contribution in [1.82, 2.24) is 14.9 Å². The van der Waals surface area contributed by atoms with Crippen LogP contribution in [0, 0.1) is 0 Å². The normalized spacial score (nSPS) is 10.6. The molecule has 0 bridgehead atoms. The van der Waals surface area contributed by atoms with Crippen LogP contribution in [-0.2, 0) is 13.1 Å². The molecular weight excluding hydrogens is 218 g/mol. The molecule has 1 N–H and O–H groups in total. The van der Waals surface area contributed by atoms with Gasteiger partial charge in [0.05, 0.1) is 19.4 Å². The van der Waals surface area contributed by atoms with Crippen LogP contribution in [0.1, 0.15) is 18.4 Å². The summed E-state index contributed by atoms with van der Waals surface area (Å²) in [5.41, 5.74) is -0.0790. The third-order valence-electron chi connectivity index (χ3n) is 2.39. The Morgan fingerprint density at radius 2 is 2.18 bits per heavy atom. The molecule has 5 nitrogen and oxygen atoms in total.